The first-order valence-corrected chi connectivity index (χ1v) is 6.38. The summed E-state index contributed by atoms with van der Waals surface area (Å²) in [5.74, 6) is -1.53. The summed E-state index contributed by atoms with van der Waals surface area (Å²) >= 11 is 0. The molecule has 22 heavy (non-hydrogen) atoms. The first-order chi connectivity index (χ1) is 10.5. The predicted molar refractivity (Wildman–Crippen MR) is 78.1 cm³/mol. The van der Waals surface area contributed by atoms with Gasteiger partial charge in [0.25, 0.3) is 0 Å². The van der Waals surface area contributed by atoms with Crippen LogP contribution in [0.1, 0.15) is 11.3 Å². The molecule has 112 valence electrons. The molecule has 1 heterocycles. The van der Waals surface area contributed by atoms with Crippen LogP contribution in [-0.2, 0) is 0 Å². The standard InChI is InChI=1S/C16H13F2N3O/c1-21(2)8-7-14-11(10-19)3-6-16(20-14)22-15-5-4-12(17)9-13(15)18/h3-9H,1-2H3. The van der Waals surface area contributed by atoms with E-state index in [1.807, 2.05) is 20.2 Å². The Hall–Kier alpha value is -2.94. The molecule has 0 unspecified atom stereocenters. The van der Waals surface area contributed by atoms with Gasteiger partial charge >= 0.3 is 0 Å². The number of benzene rings is 1. The second-order valence-corrected chi connectivity index (χ2v) is 4.65. The molecule has 0 saturated heterocycles. The zero-order valence-corrected chi connectivity index (χ0v) is 12.0. The maximum absolute atomic E-state index is 13.6. The first-order valence-electron chi connectivity index (χ1n) is 6.38. The Morgan fingerprint density at radius 3 is 2.64 bits per heavy atom. The Morgan fingerprint density at radius 1 is 1.23 bits per heavy atom. The van der Waals surface area contributed by atoms with Crippen LogP contribution >= 0.6 is 0 Å². The molecule has 2 aromatic rings. The third kappa shape index (κ3) is 3.79. The van der Waals surface area contributed by atoms with Crippen molar-refractivity contribution in [2.45, 2.75) is 0 Å². The van der Waals surface area contributed by atoms with Crippen molar-refractivity contribution < 1.29 is 13.5 Å². The van der Waals surface area contributed by atoms with Crippen molar-refractivity contribution >= 4 is 6.08 Å². The monoisotopic (exact) mass is 301 g/mol. The smallest absolute Gasteiger partial charge is 0.219 e. The van der Waals surface area contributed by atoms with Gasteiger partial charge in [0, 0.05) is 32.4 Å². The molecular formula is C16H13F2N3O. The van der Waals surface area contributed by atoms with Crippen LogP contribution in [-0.4, -0.2) is 24.0 Å². The highest BCUT2D eigenvalue weighted by Gasteiger charge is 2.09. The van der Waals surface area contributed by atoms with Crippen LogP contribution in [0.3, 0.4) is 0 Å². The Kier molecular flexibility index (Phi) is 4.69. The van der Waals surface area contributed by atoms with Gasteiger partial charge in [-0.05, 0) is 24.3 Å². The third-order valence-corrected chi connectivity index (χ3v) is 2.66. The fourth-order valence-corrected chi connectivity index (χ4v) is 1.62. The van der Waals surface area contributed by atoms with Gasteiger partial charge in [0.1, 0.15) is 11.9 Å². The fraction of sp³-hybridized carbons (Fsp3) is 0.125. The van der Waals surface area contributed by atoms with E-state index in [0.717, 1.165) is 12.1 Å². The molecule has 1 aromatic carbocycles. The van der Waals surface area contributed by atoms with Crippen molar-refractivity contribution in [1.29, 1.82) is 5.26 Å². The van der Waals surface area contributed by atoms with E-state index in [2.05, 4.69) is 4.98 Å². The summed E-state index contributed by atoms with van der Waals surface area (Å²) in [5.41, 5.74) is 0.765. The van der Waals surface area contributed by atoms with Crippen LogP contribution in [0.5, 0.6) is 11.6 Å². The van der Waals surface area contributed by atoms with Crippen molar-refractivity contribution in [3.63, 3.8) is 0 Å². The van der Waals surface area contributed by atoms with Crippen molar-refractivity contribution in [3.05, 3.63) is 59.4 Å². The number of nitrogens with zero attached hydrogens (tertiary/aromatic N) is 3. The number of nitriles is 1. The third-order valence-electron chi connectivity index (χ3n) is 2.66. The van der Waals surface area contributed by atoms with E-state index in [1.165, 1.54) is 18.2 Å². The minimum atomic E-state index is -0.823. The molecule has 0 aliphatic heterocycles. The molecule has 1 aromatic heterocycles. The Morgan fingerprint density at radius 2 is 2.00 bits per heavy atom. The van der Waals surface area contributed by atoms with Gasteiger partial charge in [0.15, 0.2) is 11.6 Å². The Balaban J connectivity index is 2.32. The summed E-state index contributed by atoms with van der Waals surface area (Å²) in [7, 11) is 3.66. The predicted octanol–water partition coefficient (Wildman–Crippen LogP) is 3.56. The van der Waals surface area contributed by atoms with Crippen LogP contribution in [0.2, 0.25) is 0 Å². The minimum absolute atomic E-state index is 0.114. The molecule has 0 N–H and O–H groups in total. The van der Waals surface area contributed by atoms with Gasteiger partial charge in [0.05, 0.1) is 11.3 Å². The zero-order chi connectivity index (χ0) is 16.1. The number of hydrogen-bond acceptors (Lipinski definition) is 4. The SMILES string of the molecule is CN(C)C=Cc1nc(Oc2ccc(F)cc2F)ccc1C#N. The maximum Gasteiger partial charge on any atom is 0.219 e. The van der Waals surface area contributed by atoms with Crippen molar-refractivity contribution in [2.24, 2.45) is 0 Å². The van der Waals surface area contributed by atoms with Crippen molar-refractivity contribution in [2.75, 3.05) is 14.1 Å². The zero-order valence-electron chi connectivity index (χ0n) is 12.0. The van der Waals surface area contributed by atoms with Gasteiger partial charge in [-0.2, -0.15) is 5.26 Å². The molecule has 6 heteroatoms. The normalized spacial score (nSPS) is 10.5. The van der Waals surface area contributed by atoms with E-state index in [-0.39, 0.29) is 11.6 Å². The van der Waals surface area contributed by atoms with Crippen LogP contribution in [0, 0.1) is 23.0 Å². The van der Waals surface area contributed by atoms with E-state index in [0.29, 0.717) is 11.3 Å². The molecule has 0 aliphatic carbocycles. The number of pyridine rings is 1. The van der Waals surface area contributed by atoms with Crippen LogP contribution in [0.4, 0.5) is 8.78 Å². The molecule has 0 spiro atoms. The lowest BCUT2D eigenvalue weighted by Crippen LogP contribution is -2.01. The first kappa shape index (κ1) is 15.4. The van der Waals surface area contributed by atoms with Crippen molar-refractivity contribution in [1.82, 2.24) is 9.88 Å². The summed E-state index contributed by atoms with van der Waals surface area (Å²) in [6.45, 7) is 0. The topological polar surface area (TPSA) is 49.2 Å². The lowest BCUT2D eigenvalue weighted by atomic mass is 10.2. The van der Waals surface area contributed by atoms with Gasteiger partial charge in [-0.25, -0.2) is 13.8 Å². The molecule has 0 atom stereocenters. The average molecular weight is 301 g/mol. The second kappa shape index (κ2) is 6.68. The molecule has 0 aliphatic rings. The summed E-state index contributed by atoms with van der Waals surface area (Å²) in [5, 5.41) is 9.06. The number of rotatable bonds is 4. The molecule has 0 fully saturated rings. The van der Waals surface area contributed by atoms with Gasteiger partial charge in [-0.3, -0.25) is 0 Å². The number of ether oxygens (including phenoxy) is 1. The molecular weight excluding hydrogens is 288 g/mol. The molecule has 0 radical (unpaired) electrons. The van der Waals surface area contributed by atoms with E-state index in [1.54, 1.807) is 17.2 Å². The van der Waals surface area contributed by atoms with Crippen LogP contribution in [0.15, 0.2) is 36.5 Å². The highest BCUT2D eigenvalue weighted by atomic mass is 19.1. The highest BCUT2D eigenvalue weighted by molar-refractivity contribution is 5.54. The quantitative estimate of drug-likeness (QED) is 0.866. The Labute approximate surface area is 126 Å². The number of halogens is 2. The molecule has 2 rings (SSSR count). The van der Waals surface area contributed by atoms with E-state index < -0.39 is 11.6 Å². The number of aromatic nitrogens is 1. The lowest BCUT2D eigenvalue weighted by Gasteiger charge is -2.08. The summed E-state index contributed by atoms with van der Waals surface area (Å²) < 4.78 is 31.7. The van der Waals surface area contributed by atoms with Gasteiger partial charge < -0.3 is 9.64 Å². The van der Waals surface area contributed by atoms with E-state index in [9.17, 15) is 8.78 Å². The average Bonchev–Trinajstić information content (AvgIpc) is 2.48. The van der Waals surface area contributed by atoms with Gasteiger partial charge in [-0.15, -0.1) is 0 Å². The number of hydrogen-bond donors (Lipinski definition) is 0. The van der Waals surface area contributed by atoms with Gasteiger partial charge in [0.2, 0.25) is 5.88 Å². The van der Waals surface area contributed by atoms with Crippen molar-refractivity contribution in [3.8, 4) is 17.7 Å². The largest absolute Gasteiger partial charge is 0.436 e. The molecule has 0 bridgehead atoms. The molecule has 0 saturated carbocycles. The van der Waals surface area contributed by atoms with Crippen LogP contribution in [0.25, 0.3) is 6.08 Å². The van der Waals surface area contributed by atoms with E-state index >= 15 is 0 Å². The fourth-order valence-electron chi connectivity index (χ4n) is 1.62. The summed E-state index contributed by atoms with van der Waals surface area (Å²) in [6, 6.07) is 8.00. The highest BCUT2D eigenvalue weighted by Crippen LogP contribution is 2.24. The Bertz CT molecular complexity index is 752. The lowest BCUT2D eigenvalue weighted by molar-refractivity contribution is 0.423. The van der Waals surface area contributed by atoms with Gasteiger partial charge in [-0.1, -0.05) is 0 Å². The van der Waals surface area contributed by atoms with E-state index in [4.69, 9.17) is 10.00 Å². The second-order valence-electron chi connectivity index (χ2n) is 4.65. The maximum atomic E-state index is 13.6. The summed E-state index contributed by atoms with van der Waals surface area (Å²) in [4.78, 5) is 5.94. The molecule has 0 amide bonds. The summed E-state index contributed by atoms with van der Waals surface area (Å²) in [6.07, 6.45) is 3.37. The molecule has 4 nitrogen and oxygen atoms in total. The van der Waals surface area contributed by atoms with Crippen LogP contribution < -0.4 is 4.74 Å². The minimum Gasteiger partial charge on any atom is -0.436 e.